The number of carbonyl (C=O) groups is 1. The van der Waals surface area contributed by atoms with E-state index in [1.165, 1.54) is 5.56 Å². The number of nitrogen functional groups attached to an aromatic ring is 1. The number of amides is 1. The van der Waals surface area contributed by atoms with Crippen LogP contribution in [0.4, 0.5) is 5.69 Å². The summed E-state index contributed by atoms with van der Waals surface area (Å²) in [5.74, 6) is -0.118. The Morgan fingerprint density at radius 3 is 2.73 bits per heavy atom. The van der Waals surface area contributed by atoms with Crippen molar-refractivity contribution in [2.45, 2.75) is 27.3 Å². The molecule has 1 amide bonds. The molecule has 0 unspecified atom stereocenters. The average Bonchev–Trinajstić information content (AvgIpc) is 2.89. The zero-order chi connectivity index (χ0) is 18.7. The van der Waals surface area contributed by atoms with Crippen LogP contribution in [-0.4, -0.2) is 27.2 Å². The molecule has 0 aliphatic carbocycles. The molecule has 0 atom stereocenters. The standard InChI is InChI=1S/C20H23N5O/c1-13-14(2)24-25(15(13)3)10-9-23-20(26)17-6-4-5-16(11-17)18-12-22-8-7-19(18)21/h4-8,11-12H,9-10H2,1-3H3,(H2,21,22)(H,23,26). The Hall–Kier alpha value is -3.15. The van der Waals surface area contributed by atoms with E-state index in [0.717, 1.165) is 22.5 Å². The third kappa shape index (κ3) is 3.59. The predicted octanol–water partition coefficient (Wildman–Crippen LogP) is 2.88. The summed E-state index contributed by atoms with van der Waals surface area (Å²) in [7, 11) is 0. The fourth-order valence-corrected chi connectivity index (χ4v) is 2.86. The second-order valence-electron chi connectivity index (χ2n) is 6.32. The van der Waals surface area contributed by atoms with Gasteiger partial charge >= 0.3 is 0 Å². The van der Waals surface area contributed by atoms with Crippen LogP contribution in [0.1, 0.15) is 27.3 Å². The fourth-order valence-electron chi connectivity index (χ4n) is 2.86. The number of aryl methyl sites for hydroxylation is 1. The summed E-state index contributed by atoms with van der Waals surface area (Å²) in [5, 5.41) is 7.44. The van der Waals surface area contributed by atoms with Gasteiger partial charge in [0.25, 0.3) is 5.91 Å². The van der Waals surface area contributed by atoms with Crippen LogP contribution in [-0.2, 0) is 6.54 Å². The molecule has 0 saturated carbocycles. The fraction of sp³-hybridized carbons (Fsp3) is 0.250. The number of carbonyl (C=O) groups excluding carboxylic acids is 1. The lowest BCUT2D eigenvalue weighted by Crippen LogP contribution is -2.27. The minimum Gasteiger partial charge on any atom is -0.398 e. The van der Waals surface area contributed by atoms with Crippen molar-refractivity contribution in [2.24, 2.45) is 0 Å². The highest BCUT2D eigenvalue weighted by atomic mass is 16.1. The van der Waals surface area contributed by atoms with Crippen molar-refractivity contribution in [1.29, 1.82) is 0 Å². The molecule has 3 rings (SSSR count). The number of benzene rings is 1. The van der Waals surface area contributed by atoms with Gasteiger partial charge < -0.3 is 11.1 Å². The van der Waals surface area contributed by atoms with Crippen molar-refractivity contribution in [2.75, 3.05) is 12.3 Å². The summed E-state index contributed by atoms with van der Waals surface area (Å²) in [4.78, 5) is 16.6. The molecule has 0 spiro atoms. The van der Waals surface area contributed by atoms with Crippen molar-refractivity contribution in [3.8, 4) is 11.1 Å². The van der Waals surface area contributed by atoms with Gasteiger partial charge in [-0.25, -0.2) is 0 Å². The van der Waals surface area contributed by atoms with Gasteiger partial charge in [0, 0.05) is 41.4 Å². The molecule has 134 valence electrons. The molecular weight excluding hydrogens is 326 g/mol. The molecule has 26 heavy (non-hydrogen) atoms. The second kappa shape index (κ2) is 7.39. The number of pyridine rings is 1. The number of rotatable bonds is 5. The summed E-state index contributed by atoms with van der Waals surface area (Å²) in [5.41, 5.74) is 12.3. The van der Waals surface area contributed by atoms with Gasteiger partial charge in [-0.2, -0.15) is 5.10 Å². The first-order valence-corrected chi connectivity index (χ1v) is 8.56. The van der Waals surface area contributed by atoms with Gasteiger partial charge in [-0.3, -0.25) is 14.5 Å². The van der Waals surface area contributed by atoms with Crippen LogP contribution in [0, 0.1) is 20.8 Å². The Labute approximate surface area is 153 Å². The Balaban J connectivity index is 1.68. The summed E-state index contributed by atoms with van der Waals surface area (Å²) >= 11 is 0. The second-order valence-corrected chi connectivity index (χ2v) is 6.32. The monoisotopic (exact) mass is 349 g/mol. The Bertz CT molecular complexity index is 945. The van der Waals surface area contributed by atoms with E-state index in [9.17, 15) is 4.79 Å². The molecule has 3 aromatic rings. The summed E-state index contributed by atoms with van der Waals surface area (Å²) in [6.45, 7) is 7.25. The number of hydrogen-bond donors (Lipinski definition) is 2. The number of aromatic nitrogens is 3. The quantitative estimate of drug-likeness (QED) is 0.741. The third-order valence-corrected chi connectivity index (χ3v) is 4.64. The van der Waals surface area contributed by atoms with Crippen LogP contribution in [0.5, 0.6) is 0 Å². The lowest BCUT2D eigenvalue weighted by molar-refractivity contribution is 0.0952. The topological polar surface area (TPSA) is 85.8 Å². The van der Waals surface area contributed by atoms with Gasteiger partial charge in [0.1, 0.15) is 0 Å². The van der Waals surface area contributed by atoms with Crippen molar-refractivity contribution in [3.63, 3.8) is 0 Å². The zero-order valence-corrected chi connectivity index (χ0v) is 15.3. The van der Waals surface area contributed by atoms with Crippen molar-refractivity contribution < 1.29 is 4.79 Å². The molecule has 0 saturated heterocycles. The predicted molar refractivity (Wildman–Crippen MR) is 103 cm³/mol. The first-order chi connectivity index (χ1) is 12.5. The maximum Gasteiger partial charge on any atom is 0.251 e. The maximum atomic E-state index is 12.5. The number of nitrogens with zero attached hydrogens (tertiary/aromatic N) is 3. The molecule has 6 nitrogen and oxygen atoms in total. The van der Waals surface area contributed by atoms with E-state index in [1.54, 1.807) is 24.5 Å². The van der Waals surface area contributed by atoms with E-state index in [0.29, 0.717) is 24.3 Å². The molecule has 3 N–H and O–H groups in total. The number of nitrogens with two attached hydrogens (primary N) is 1. The molecule has 0 bridgehead atoms. The van der Waals surface area contributed by atoms with Gasteiger partial charge in [-0.05, 0) is 50.1 Å². The molecule has 1 aromatic carbocycles. The third-order valence-electron chi connectivity index (χ3n) is 4.64. The highest BCUT2D eigenvalue weighted by Gasteiger charge is 2.10. The van der Waals surface area contributed by atoms with Crippen molar-refractivity contribution >= 4 is 11.6 Å². The molecule has 6 heteroatoms. The van der Waals surface area contributed by atoms with Crippen molar-refractivity contribution in [3.05, 3.63) is 65.2 Å². The number of hydrogen-bond acceptors (Lipinski definition) is 4. The molecule has 0 aliphatic heterocycles. The van der Waals surface area contributed by atoms with Gasteiger partial charge in [0.2, 0.25) is 0 Å². The van der Waals surface area contributed by atoms with Gasteiger partial charge in [0.15, 0.2) is 0 Å². The highest BCUT2D eigenvalue weighted by Crippen LogP contribution is 2.25. The van der Waals surface area contributed by atoms with Crippen LogP contribution in [0.25, 0.3) is 11.1 Å². The SMILES string of the molecule is Cc1nn(CCNC(=O)c2cccc(-c3cnccc3N)c2)c(C)c1C. The normalized spacial score (nSPS) is 10.7. The summed E-state index contributed by atoms with van der Waals surface area (Å²) < 4.78 is 1.93. The van der Waals surface area contributed by atoms with E-state index in [4.69, 9.17) is 5.73 Å². The van der Waals surface area contributed by atoms with Crippen LogP contribution in [0.3, 0.4) is 0 Å². The van der Waals surface area contributed by atoms with Crippen LogP contribution < -0.4 is 11.1 Å². The van der Waals surface area contributed by atoms with Crippen LogP contribution in [0.15, 0.2) is 42.7 Å². The van der Waals surface area contributed by atoms with Gasteiger partial charge in [0.05, 0.1) is 12.2 Å². The van der Waals surface area contributed by atoms with Gasteiger partial charge in [-0.1, -0.05) is 12.1 Å². The zero-order valence-electron chi connectivity index (χ0n) is 15.3. The molecular formula is C20H23N5O. The first kappa shape index (κ1) is 17.7. The Kier molecular flexibility index (Phi) is 5.02. The Morgan fingerprint density at radius 1 is 1.23 bits per heavy atom. The lowest BCUT2D eigenvalue weighted by Gasteiger charge is -2.09. The largest absolute Gasteiger partial charge is 0.398 e. The minimum atomic E-state index is -0.118. The first-order valence-electron chi connectivity index (χ1n) is 8.56. The number of anilines is 1. The van der Waals surface area contributed by atoms with E-state index >= 15 is 0 Å². The molecule has 0 aliphatic rings. The van der Waals surface area contributed by atoms with E-state index in [1.807, 2.05) is 36.7 Å². The maximum absolute atomic E-state index is 12.5. The van der Waals surface area contributed by atoms with E-state index in [2.05, 4.69) is 22.3 Å². The smallest absolute Gasteiger partial charge is 0.251 e. The molecule has 2 heterocycles. The lowest BCUT2D eigenvalue weighted by atomic mass is 10.0. The van der Waals surface area contributed by atoms with Crippen LogP contribution in [0.2, 0.25) is 0 Å². The molecule has 2 aromatic heterocycles. The van der Waals surface area contributed by atoms with E-state index in [-0.39, 0.29) is 5.91 Å². The number of nitrogens with one attached hydrogen (secondary N) is 1. The highest BCUT2D eigenvalue weighted by molar-refractivity contribution is 5.95. The average molecular weight is 349 g/mol. The summed E-state index contributed by atoms with van der Waals surface area (Å²) in [6.07, 6.45) is 3.35. The molecule has 0 fully saturated rings. The minimum absolute atomic E-state index is 0.118. The summed E-state index contributed by atoms with van der Waals surface area (Å²) in [6, 6.07) is 9.14. The van der Waals surface area contributed by atoms with Crippen LogP contribution >= 0.6 is 0 Å². The molecule has 0 radical (unpaired) electrons. The van der Waals surface area contributed by atoms with Gasteiger partial charge in [-0.15, -0.1) is 0 Å². The van der Waals surface area contributed by atoms with Crippen molar-refractivity contribution in [1.82, 2.24) is 20.1 Å². The van der Waals surface area contributed by atoms with E-state index < -0.39 is 0 Å². The Morgan fingerprint density at radius 2 is 2.04 bits per heavy atom.